The molecule has 8 heteroatoms. The minimum atomic E-state index is -0.440. The molecule has 1 amide bonds. The first-order valence-corrected chi connectivity index (χ1v) is 8.91. The average molecular weight is 392 g/mol. The fourth-order valence-corrected chi connectivity index (χ4v) is 2.49. The van der Waals surface area contributed by atoms with Crippen molar-refractivity contribution in [3.63, 3.8) is 0 Å². The highest BCUT2D eigenvalue weighted by Crippen LogP contribution is 2.25. The second-order valence-electron chi connectivity index (χ2n) is 5.87. The van der Waals surface area contributed by atoms with E-state index in [1.54, 1.807) is 24.3 Å². The van der Waals surface area contributed by atoms with E-state index in [9.17, 15) is 9.59 Å². The number of amides is 1. The summed E-state index contributed by atoms with van der Waals surface area (Å²) < 4.78 is 10.2. The van der Waals surface area contributed by atoms with Crippen molar-refractivity contribution in [1.82, 2.24) is 9.97 Å². The predicted molar refractivity (Wildman–Crippen MR) is 109 cm³/mol. The molecule has 0 aliphatic carbocycles. The summed E-state index contributed by atoms with van der Waals surface area (Å²) in [5.74, 6) is 0.231. The number of benzene rings is 2. The van der Waals surface area contributed by atoms with Crippen LogP contribution in [0, 0.1) is 0 Å². The van der Waals surface area contributed by atoms with Crippen LogP contribution in [0.1, 0.15) is 27.6 Å². The van der Waals surface area contributed by atoms with E-state index in [0.717, 1.165) is 5.69 Å². The highest BCUT2D eigenvalue weighted by molar-refractivity contribution is 6.04. The Hall–Kier alpha value is -3.94. The molecule has 0 unspecified atom stereocenters. The van der Waals surface area contributed by atoms with Crippen molar-refractivity contribution in [1.29, 1.82) is 0 Å². The van der Waals surface area contributed by atoms with Crippen LogP contribution in [0.3, 0.4) is 0 Å². The van der Waals surface area contributed by atoms with Gasteiger partial charge in [-0.25, -0.2) is 14.8 Å². The van der Waals surface area contributed by atoms with Gasteiger partial charge in [0.25, 0.3) is 5.91 Å². The van der Waals surface area contributed by atoms with Gasteiger partial charge in [-0.1, -0.05) is 12.1 Å². The van der Waals surface area contributed by atoms with Gasteiger partial charge in [0.05, 0.1) is 30.5 Å². The lowest BCUT2D eigenvalue weighted by atomic mass is 10.2. The van der Waals surface area contributed by atoms with Crippen LogP contribution in [-0.2, 0) is 4.74 Å². The monoisotopic (exact) mass is 392 g/mol. The largest absolute Gasteiger partial charge is 0.492 e. The average Bonchev–Trinajstić information content (AvgIpc) is 2.76. The molecule has 1 aromatic heterocycles. The van der Waals surface area contributed by atoms with E-state index in [1.165, 1.54) is 19.5 Å². The van der Waals surface area contributed by atoms with E-state index in [4.69, 9.17) is 4.74 Å². The number of carbonyl (C=O) groups is 2. The van der Waals surface area contributed by atoms with Gasteiger partial charge in [0.2, 0.25) is 5.95 Å². The van der Waals surface area contributed by atoms with Crippen molar-refractivity contribution in [2.24, 2.45) is 0 Å². The van der Waals surface area contributed by atoms with Crippen LogP contribution in [0.5, 0.6) is 5.75 Å². The maximum Gasteiger partial charge on any atom is 0.337 e. The summed E-state index contributed by atoms with van der Waals surface area (Å²) in [4.78, 5) is 32.2. The number of nitrogens with one attached hydrogen (secondary N) is 2. The first-order chi connectivity index (χ1) is 14.1. The van der Waals surface area contributed by atoms with Gasteiger partial charge < -0.3 is 20.1 Å². The smallest absolute Gasteiger partial charge is 0.337 e. The van der Waals surface area contributed by atoms with Gasteiger partial charge in [-0.3, -0.25) is 4.79 Å². The van der Waals surface area contributed by atoms with E-state index >= 15 is 0 Å². The zero-order valence-electron chi connectivity index (χ0n) is 16.0. The molecule has 2 N–H and O–H groups in total. The summed E-state index contributed by atoms with van der Waals surface area (Å²) >= 11 is 0. The molecule has 8 nitrogen and oxygen atoms in total. The Morgan fingerprint density at radius 2 is 1.66 bits per heavy atom. The van der Waals surface area contributed by atoms with E-state index < -0.39 is 5.97 Å². The fourth-order valence-electron chi connectivity index (χ4n) is 2.49. The van der Waals surface area contributed by atoms with Gasteiger partial charge >= 0.3 is 5.97 Å². The molecule has 1 heterocycles. The molecule has 0 spiro atoms. The molecule has 0 fully saturated rings. The van der Waals surface area contributed by atoms with Gasteiger partial charge in [-0.05, 0) is 43.3 Å². The van der Waals surface area contributed by atoms with Crippen molar-refractivity contribution in [3.05, 3.63) is 72.1 Å². The highest BCUT2D eigenvalue weighted by atomic mass is 16.5. The van der Waals surface area contributed by atoms with Gasteiger partial charge in [0.1, 0.15) is 5.75 Å². The molecule has 2 aromatic carbocycles. The fraction of sp³-hybridized carbons (Fsp3) is 0.143. The molecule has 0 saturated carbocycles. The summed E-state index contributed by atoms with van der Waals surface area (Å²) in [6, 6.07) is 13.8. The molecule has 3 rings (SSSR count). The zero-order chi connectivity index (χ0) is 20.6. The number of aromatic nitrogens is 2. The number of para-hydroxylation sites is 2. The number of hydrogen-bond donors (Lipinski definition) is 2. The second kappa shape index (κ2) is 9.32. The van der Waals surface area contributed by atoms with Crippen molar-refractivity contribution in [2.45, 2.75) is 6.92 Å². The third-order valence-corrected chi connectivity index (χ3v) is 3.91. The van der Waals surface area contributed by atoms with Crippen LogP contribution in [0.25, 0.3) is 0 Å². The maximum atomic E-state index is 12.4. The lowest BCUT2D eigenvalue weighted by Gasteiger charge is -2.11. The van der Waals surface area contributed by atoms with Crippen LogP contribution >= 0.6 is 0 Å². The molecule has 0 atom stereocenters. The molecule has 3 aromatic rings. The molecule has 0 saturated heterocycles. The molecule has 0 bridgehead atoms. The molecular weight excluding hydrogens is 372 g/mol. The minimum absolute atomic E-state index is 0.297. The summed E-state index contributed by atoms with van der Waals surface area (Å²) in [7, 11) is 1.31. The number of hydrogen-bond acceptors (Lipinski definition) is 7. The Labute approximate surface area is 167 Å². The molecule has 0 aliphatic rings. The lowest BCUT2D eigenvalue weighted by molar-refractivity contribution is 0.0600. The molecule has 0 radical (unpaired) electrons. The van der Waals surface area contributed by atoms with Crippen molar-refractivity contribution >= 4 is 29.2 Å². The standard InChI is InChI=1S/C21H20N4O4/c1-3-29-18-7-5-4-6-17(18)25-21-22-12-15(13-23-21)19(26)24-16-10-8-14(9-11-16)20(27)28-2/h4-13H,3H2,1-2H3,(H,24,26)(H,22,23,25). The maximum absolute atomic E-state index is 12.4. The van der Waals surface area contributed by atoms with Crippen molar-refractivity contribution in [3.8, 4) is 5.75 Å². The highest BCUT2D eigenvalue weighted by Gasteiger charge is 2.10. The number of anilines is 3. The van der Waals surface area contributed by atoms with Crippen LogP contribution in [0.15, 0.2) is 60.9 Å². The normalized spacial score (nSPS) is 10.1. The van der Waals surface area contributed by atoms with Crippen LogP contribution in [0.2, 0.25) is 0 Å². The Balaban J connectivity index is 1.65. The van der Waals surface area contributed by atoms with E-state index in [-0.39, 0.29) is 5.91 Å². The van der Waals surface area contributed by atoms with Crippen molar-refractivity contribution in [2.75, 3.05) is 24.4 Å². The van der Waals surface area contributed by atoms with Gasteiger partial charge in [-0.15, -0.1) is 0 Å². The molecular formula is C21H20N4O4. The first kappa shape index (κ1) is 19.8. The number of ether oxygens (including phenoxy) is 2. The first-order valence-electron chi connectivity index (χ1n) is 8.91. The topological polar surface area (TPSA) is 102 Å². The van der Waals surface area contributed by atoms with E-state index in [1.807, 2.05) is 31.2 Å². The number of nitrogens with zero attached hydrogens (tertiary/aromatic N) is 2. The van der Waals surface area contributed by atoms with Gasteiger partial charge in [0, 0.05) is 18.1 Å². The van der Waals surface area contributed by atoms with Crippen LogP contribution < -0.4 is 15.4 Å². The third kappa shape index (κ3) is 5.07. The number of rotatable bonds is 7. The number of methoxy groups -OCH3 is 1. The molecule has 0 aliphatic heterocycles. The predicted octanol–water partition coefficient (Wildman–Crippen LogP) is 3.66. The Bertz CT molecular complexity index is 988. The third-order valence-electron chi connectivity index (χ3n) is 3.91. The zero-order valence-corrected chi connectivity index (χ0v) is 16.0. The number of esters is 1. The SMILES string of the molecule is CCOc1ccccc1Nc1ncc(C(=O)Nc2ccc(C(=O)OC)cc2)cn1. The van der Waals surface area contributed by atoms with E-state index in [2.05, 4.69) is 25.3 Å². The number of carbonyl (C=O) groups excluding carboxylic acids is 2. The minimum Gasteiger partial charge on any atom is -0.492 e. The summed E-state index contributed by atoms with van der Waals surface area (Å²) in [6.07, 6.45) is 2.85. The van der Waals surface area contributed by atoms with Gasteiger partial charge in [-0.2, -0.15) is 0 Å². The van der Waals surface area contributed by atoms with Crippen LogP contribution in [0.4, 0.5) is 17.3 Å². The quantitative estimate of drug-likeness (QED) is 0.592. The molecule has 148 valence electrons. The van der Waals surface area contributed by atoms with E-state index in [0.29, 0.717) is 35.1 Å². The van der Waals surface area contributed by atoms with Crippen LogP contribution in [-0.4, -0.2) is 35.6 Å². The van der Waals surface area contributed by atoms with Crippen molar-refractivity contribution < 1.29 is 19.1 Å². The Morgan fingerprint density at radius 1 is 0.966 bits per heavy atom. The lowest BCUT2D eigenvalue weighted by Crippen LogP contribution is -2.13. The summed E-state index contributed by atoms with van der Waals surface area (Å²) in [6.45, 7) is 2.45. The Morgan fingerprint density at radius 3 is 2.31 bits per heavy atom. The molecule has 29 heavy (non-hydrogen) atoms. The van der Waals surface area contributed by atoms with Gasteiger partial charge in [0.15, 0.2) is 0 Å². The summed E-state index contributed by atoms with van der Waals surface area (Å²) in [5.41, 5.74) is 1.97. The second-order valence-corrected chi connectivity index (χ2v) is 5.87. The summed E-state index contributed by atoms with van der Waals surface area (Å²) in [5, 5.41) is 5.80. The Kier molecular flexibility index (Phi) is 6.36.